The highest BCUT2D eigenvalue weighted by Crippen LogP contribution is 2.29. The number of rotatable bonds is 8. The van der Waals surface area contributed by atoms with E-state index in [9.17, 15) is 13.6 Å². The quantitative estimate of drug-likeness (QED) is 0.540. The molecule has 0 radical (unpaired) electrons. The van der Waals surface area contributed by atoms with Gasteiger partial charge in [-0.05, 0) is 62.2 Å². The van der Waals surface area contributed by atoms with Crippen LogP contribution >= 0.6 is 11.6 Å². The number of aryl methyl sites for hydroxylation is 1. The molecule has 6 nitrogen and oxygen atoms in total. The Labute approximate surface area is 183 Å². The Morgan fingerprint density at radius 1 is 1.16 bits per heavy atom. The van der Waals surface area contributed by atoms with Crippen molar-refractivity contribution in [3.05, 3.63) is 70.0 Å². The summed E-state index contributed by atoms with van der Waals surface area (Å²) in [7, 11) is 1.38. The fourth-order valence-corrected chi connectivity index (χ4v) is 3.23. The Balaban J connectivity index is 1.59. The van der Waals surface area contributed by atoms with Gasteiger partial charge >= 0.3 is 6.61 Å². The summed E-state index contributed by atoms with van der Waals surface area (Å²) in [5.74, 6) is -0.0409. The molecule has 1 aromatic heterocycles. The molecule has 0 aliphatic carbocycles. The Hall–Kier alpha value is -3.13. The molecule has 0 unspecified atom stereocenters. The summed E-state index contributed by atoms with van der Waals surface area (Å²) < 4.78 is 36.1. The Bertz CT molecular complexity index is 1070. The topological polar surface area (TPSA) is 65.4 Å². The third kappa shape index (κ3) is 5.32. The SMILES string of the molecule is COc1cc(CCNC(=O)c2ccc(-n3nc(C)c(Cl)c3C)cc2)ccc1OC(F)F. The zero-order valence-electron chi connectivity index (χ0n) is 17.3. The van der Waals surface area contributed by atoms with Crippen molar-refractivity contribution in [2.75, 3.05) is 13.7 Å². The summed E-state index contributed by atoms with van der Waals surface area (Å²) >= 11 is 6.19. The number of hydrogen-bond acceptors (Lipinski definition) is 4. The van der Waals surface area contributed by atoms with Gasteiger partial charge in [0.1, 0.15) is 0 Å². The lowest BCUT2D eigenvalue weighted by atomic mass is 10.1. The van der Waals surface area contributed by atoms with Gasteiger partial charge in [0.15, 0.2) is 11.5 Å². The molecular formula is C22H22ClF2N3O3. The Kier molecular flexibility index (Phi) is 7.12. The number of alkyl halides is 2. The van der Waals surface area contributed by atoms with Crippen LogP contribution in [0.25, 0.3) is 5.69 Å². The van der Waals surface area contributed by atoms with E-state index in [1.807, 2.05) is 13.8 Å². The van der Waals surface area contributed by atoms with Crippen molar-refractivity contribution in [1.82, 2.24) is 15.1 Å². The van der Waals surface area contributed by atoms with E-state index in [2.05, 4.69) is 15.2 Å². The van der Waals surface area contributed by atoms with Gasteiger partial charge in [-0.25, -0.2) is 4.68 Å². The number of carbonyl (C=O) groups is 1. The third-order valence-electron chi connectivity index (χ3n) is 4.72. The van der Waals surface area contributed by atoms with E-state index >= 15 is 0 Å². The first-order valence-electron chi connectivity index (χ1n) is 9.52. The molecule has 31 heavy (non-hydrogen) atoms. The van der Waals surface area contributed by atoms with Crippen LogP contribution in [0.2, 0.25) is 5.02 Å². The zero-order chi connectivity index (χ0) is 22.5. The second kappa shape index (κ2) is 9.78. The molecule has 0 spiro atoms. The lowest BCUT2D eigenvalue weighted by Crippen LogP contribution is -2.25. The molecule has 0 fully saturated rings. The largest absolute Gasteiger partial charge is 0.493 e. The molecule has 1 N–H and O–H groups in total. The molecule has 1 heterocycles. The standard InChI is InChI=1S/C22H22ClF2N3O3/c1-13-20(23)14(2)28(27-13)17-7-5-16(6-8-17)21(29)26-11-10-15-4-9-18(31-22(24)25)19(12-15)30-3/h4-9,12,22H,10-11H2,1-3H3,(H,26,29). The van der Waals surface area contributed by atoms with Crippen molar-refractivity contribution in [2.24, 2.45) is 0 Å². The van der Waals surface area contributed by atoms with Crippen molar-refractivity contribution in [3.63, 3.8) is 0 Å². The highest BCUT2D eigenvalue weighted by atomic mass is 35.5. The number of ether oxygens (including phenoxy) is 2. The van der Waals surface area contributed by atoms with Gasteiger partial charge in [0.2, 0.25) is 0 Å². The number of amides is 1. The number of hydrogen-bond donors (Lipinski definition) is 1. The monoisotopic (exact) mass is 449 g/mol. The second-order valence-electron chi connectivity index (χ2n) is 6.81. The first-order valence-corrected chi connectivity index (χ1v) is 9.90. The van der Waals surface area contributed by atoms with Crippen LogP contribution in [-0.2, 0) is 6.42 Å². The minimum atomic E-state index is -2.93. The van der Waals surface area contributed by atoms with E-state index in [1.165, 1.54) is 13.2 Å². The second-order valence-corrected chi connectivity index (χ2v) is 7.19. The molecule has 164 valence electrons. The van der Waals surface area contributed by atoms with Crippen LogP contribution in [0.15, 0.2) is 42.5 Å². The molecular weight excluding hydrogens is 428 g/mol. The molecule has 0 saturated heterocycles. The van der Waals surface area contributed by atoms with Crippen LogP contribution in [0, 0.1) is 13.8 Å². The highest BCUT2D eigenvalue weighted by Gasteiger charge is 2.13. The highest BCUT2D eigenvalue weighted by molar-refractivity contribution is 6.31. The van der Waals surface area contributed by atoms with Gasteiger partial charge in [0.05, 0.1) is 29.2 Å². The molecule has 0 bridgehead atoms. The van der Waals surface area contributed by atoms with Crippen molar-refractivity contribution >= 4 is 17.5 Å². The van der Waals surface area contributed by atoms with Gasteiger partial charge in [-0.3, -0.25) is 4.79 Å². The number of carbonyl (C=O) groups excluding carboxylic acids is 1. The molecule has 3 rings (SSSR count). The molecule has 0 aliphatic rings. The number of nitrogens with one attached hydrogen (secondary N) is 1. The summed E-state index contributed by atoms with van der Waals surface area (Å²) in [6.07, 6.45) is 0.499. The van der Waals surface area contributed by atoms with Gasteiger partial charge < -0.3 is 14.8 Å². The third-order valence-corrected chi connectivity index (χ3v) is 5.27. The number of benzene rings is 2. The predicted octanol–water partition coefficient (Wildman–Crippen LogP) is 4.73. The summed E-state index contributed by atoms with van der Waals surface area (Å²) in [6, 6.07) is 11.7. The van der Waals surface area contributed by atoms with Crippen molar-refractivity contribution in [3.8, 4) is 17.2 Å². The first-order chi connectivity index (χ1) is 14.8. The molecule has 0 aliphatic heterocycles. The predicted molar refractivity (Wildman–Crippen MR) is 114 cm³/mol. The minimum absolute atomic E-state index is 0.0331. The van der Waals surface area contributed by atoms with Crippen molar-refractivity contribution in [1.29, 1.82) is 0 Å². The average Bonchev–Trinajstić information content (AvgIpc) is 3.01. The van der Waals surface area contributed by atoms with Crippen LogP contribution in [0.1, 0.15) is 27.3 Å². The minimum Gasteiger partial charge on any atom is -0.493 e. The molecule has 1 amide bonds. The van der Waals surface area contributed by atoms with Gasteiger partial charge in [0, 0.05) is 12.1 Å². The Morgan fingerprint density at radius 3 is 2.45 bits per heavy atom. The summed E-state index contributed by atoms with van der Waals surface area (Å²) in [5.41, 5.74) is 3.70. The average molecular weight is 450 g/mol. The lowest BCUT2D eigenvalue weighted by Gasteiger charge is -2.12. The molecule has 3 aromatic rings. The van der Waals surface area contributed by atoms with Crippen LogP contribution in [0.4, 0.5) is 8.78 Å². The van der Waals surface area contributed by atoms with E-state index in [0.717, 1.165) is 22.6 Å². The summed E-state index contributed by atoms with van der Waals surface area (Å²) in [6.45, 7) is 1.15. The van der Waals surface area contributed by atoms with Crippen LogP contribution < -0.4 is 14.8 Å². The molecule has 0 saturated carbocycles. The van der Waals surface area contributed by atoms with Gasteiger partial charge in [0.25, 0.3) is 5.91 Å². The van der Waals surface area contributed by atoms with Gasteiger partial charge in [-0.15, -0.1) is 0 Å². The van der Waals surface area contributed by atoms with E-state index in [0.29, 0.717) is 23.6 Å². The summed E-state index contributed by atoms with van der Waals surface area (Å²) in [5, 5.41) is 7.86. The number of halogens is 3. The van der Waals surface area contributed by atoms with Gasteiger partial charge in [-0.1, -0.05) is 17.7 Å². The molecule has 0 atom stereocenters. The maximum absolute atomic E-state index is 12.4. The number of methoxy groups -OCH3 is 1. The van der Waals surface area contributed by atoms with Crippen LogP contribution in [-0.4, -0.2) is 36.0 Å². The van der Waals surface area contributed by atoms with Crippen molar-refractivity contribution in [2.45, 2.75) is 26.9 Å². The first kappa shape index (κ1) is 22.6. The fourth-order valence-electron chi connectivity index (χ4n) is 3.11. The van der Waals surface area contributed by atoms with E-state index in [-0.39, 0.29) is 17.4 Å². The number of nitrogens with zero attached hydrogens (tertiary/aromatic N) is 2. The fraction of sp³-hybridized carbons (Fsp3) is 0.273. The normalized spacial score (nSPS) is 10.9. The summed E-state index contributed by atoms with van der Waals surface area (Å²) in [4.78, 5) is 12.4. The Morgan fingerprint density at radius 2 is 1.87 bits per heavy atom. The van der Waals surface area contributed by atoms with E-state index in [1.54, 1.807) is 41.1 Å². The van der Waals surface area contributed by atoms with Gasteiger partial charge in [-0.2, -0.15) is 13.9 Å². The zero-order valence-corrected chi connectivity index (χ0v) is 18.0. The van der Waals surface area contributed by atoms with Crippen LogP contribution in [0.5, 0.6) is 11.5 Å². The maximum Gasteiger partial charge on any atom is 0.387 e. The number of aromatic nitrogens is 2. The smallest absolute Gasteiger partial charge is 0.387 e. The molecule has 2 aromatic carbocycles. The van der Waals surface area contributed by atoms with E-state index < -0.39 is 6.61 Å². The lowest BCUT2D eigenvalue weighted by molar-refractivity contribution is -0.0512. The van der Waals surface area contributed by atoms with E-state index in [4.69, 9.17) is 16.3 Å². The molecule has 9 heteroatoms. The maximum atomic E-state index is 12.4. The van der Waals surface area contributed by atoms with Crippen molar-refractivity contribution < 1.29 is 23.0 Å². The van der Waals surface area contributed by atoms with Crippen LogP contribution in [0.3, 0.4) is 0 Å².